The fraction of sp³-hybridized carbons (Fsp3) is 0.519. The van der Waals surface area contributed by atoms with Crippen LogP contribution in [0.3, 0.4) is 0 Å². The van der Waals surface area contributed by atoms with E-state index in [4.69, 9.17) is 4.74 Å². The second kappa shape index (κ2) is 10.3. The fourth-order valence-corrected chi connectivity index (χ4v) is 5.36. The molecule has 2 aromatic rings. The summed E-state index contributed by atoms with van der Waals surface area (Å²) in [5.74, 6) is 0.383. The predicted octanol–water partition coefficient (Wildman–Crippen LogP) is 4.24. The number of carbonyl (C=O) groups is 1. The van der Waals surface area contributed by atoms with Gasteiger partial charge in [0.15, 0.2) is 6.61 Å². The minimum absolute atomic E-state index is 0.0138. The molecule has 1 N–H and O–H groups in total. The van der Waals surface area contributed by atoms with E-state index in [1.54, 1.807) is 12.1 Å². The van der Waals surface area contributed by atoms with Crippen LogP contribution >= 0.6 is 0 Å². The summed E-state index contributed by atoms with van der Waals surface area (Å²) in [7, 11) is -1.56. The Morgan fingerprint density at radius 3 is 2.06 bits per heavy atom. The molecule has 1 amide bonds. The number of nitrogens with one attached hydrogen (secondary N) is 1. The Balaban J connectivity index is 1.64. The molecular weight excluding hydrogens is 462 g/mol. The number of likely N-dealkylation sites (N-methyl/N-ethyl adjacent to an activating group) is 1. The third kappa shape index (κ3) is 6.84. The molecule has 0 spiro atoms. The summed E-state index contributed by atoms with van der Waals surface area (Å²) in [6.07, 6.45) is 0. The van der Waals surface area contributed by atoms with E-state index in [1.807, 2.05) is 19.2 Å². The average Bonchev–Trinajstić information content (AvgIpc) is 2.77. The van der Waals surface area contributed by atoms with E-state index in [2.05, 4.69) is 57.8 Å². The van der Waals surface area contributed by atoms with Gasteiger partial charge in [-0.1, -0.05) is 53.7 Å². The predicted molar refractivity (Wildman–Crippen MR) is 141 cm³/mol. The molecule has 0 atom stereocenters. The number of piperazine rings is 1. The molecule has 0 aliphatic carbocycles. The summed E-state index contributed by atoms with van der Waals surface area (Å²) in [5, 5.41) is 2.79. The lowest BCUT2D eigenvalue weighted by atomic mass is 9.80. The Kier molecular flexibility index (Phi) is 7.99. The standard InChI is InChI=1S/C27H39N3O4S/c1-26(2,3)20-8-13-24(23(18-20)27(4,5)6)34-19-25(31)28-21-9-11-22(12-10-21)35(32,33)30-16-14-29(7)15-17-30/h8-13,18H,14-17,19H2,1-7H3,(H,28,31). The Labute approximate surface area is 210 Å². The third-order valence-electron chi connectivity index (χ3n) is 6.25. The Morgan fingerprint density at radius 1 is 0.914 bits per heavy atom. The van der Waals surface area contributed by atoms with Crippen LogP contribution in [0.4, 0.5) is 5.69 Å². The zero-order valence-corrected chi connectivity index (χ0v) is 22.8. The van der Waals surface area contributed by atoms with Gasteiger partial charge < -0.3 is 15.0 Å². The Bertz CT molecular complexity index is 1140. The van der Waals surface area contributed by atoms with Crippen LogP contribution in [0.15, 0.2) is 47.4 Å². The first-order valence-electron chi connectivity index (χ1n) is 12.0. The number of rotatable bonds is 6. The van der Waals surface area contributed by atoms with Gasteiger partial charge in [0, 0.05) is 31.9 Å². The second-order valence-electron chi connectivity index (χ2n) is 11.3. The van der Waals surface area contributed by atoms with Crippen molar-refractivity contribution in [2.24, 2.45) is 0 Å². The molecule has 7 nitrogen and oxygen atoms in total. The van der Waals surface area contributed by atoms with E-state index in [0.29, 0.717) is 37.6 Å². The number of hydrogen-bond acceptors (Lipinski definition) is 5. The van der Waals surface area contributed by atoms with Crippen LogP contribution in [0.25, 0.3) is 0 Å². The highest BCUT2D eigenvalue weighted by Crippen LogP contribution is 2.35. The maximum atomic E-state index is 12.9. The highest BCUT2D eigenvalue weighted by atomic mass is 32.2. The average molecular weight is 502 g/mol. The van der Waals surface area contributed by atoms with Crippen LogP contribution < -0.4 is 10.1 Å². The maximum absolute atomic E-state index is 12.9. The molecule has 2 aromatic carbocycles. The normalized spacial score (nSPS) is 16.2. The van der Waals surface area contributed by atoms with Crippen LogP contribution in [-0.4, -0.2) is 63.4 Å². The summed E-state index contributed by atoms with van der Waals surface area (Å²) in [5.41, 5.74) is 2.66. The van der Waals surface area contributed by atoms with E-state index < -0.39 is 10.0 Å². The van der Waals surface area contributed by atoms with Crippen molar-refractivity contribution < 1.29 is 17.9 Å². The van der Waals surface area contributed by atoms with E-state index in [-0.39, 0.29) is 28.2 Å². The molecular formula is C27H39N3O4S. The lowest BCUT2D eigenvalue weighted by molar-refractivity contribution is -0.118. The largest absolute Gasteiger partial charge is 0.483 e. The number of ether oxygens (including phenoxy) is 1. The molecule has 0 radical (unpaired) electrons. The number of hydrogen-bond donors (Lipinski definition) is 1. The van der Waals surface area contributed by atoms with Crippen molar-refractivity contribution in [3.8, 4) is 5.75 Å². The molecule has 192 valence electrons. The number of sulfonamides is 1. The monoisotopic (exact) mass is 501 g/mol. The molecule has 8 heteroatoms. The fourth-order valence-electron chi connectivity index (χ4n) is 3.94. The van der Waals surface area contributed by atoms with Crippen molar-refractivity contribution in [1.29, 1.82) is 0 Å². The van der Waals surface area contributed by atoms with Gasteiger partial charge in [-0.25, -0.2) is 8.42 Å². The van der Waals surface area contributed by atoms with Crippen molar-refractivity contribution in [1.82, 2.24) is 9.21 Å². The first-order chi connectivity index (χ1) is 16.2. The van der Waals surface area contributed by atoms with Crippen molar-refractivity contribution in [2.75, 3.05) is 45.2 Å². The third-order valence-corrected chi connectivity index (χ3v) is 8.16. The van der Waals surface area contributed by atoms with Gasteiger partial charge in [-0.05, 0) is 59.3 Å². The van der Waals surface area contributed by atoms with E-state index in [0.717, 1.165) is 5.56 Å². The number of benzene rings is 2. The van der Waals surface area contributed by atoms with Gasteiger partial charge in [0.05, 0.1) is 4.90 Å². The van der Waals surface area contributed by atoms with Gasteiger partial charge >= 0.3 is 0 Å². The summed E-state index contributed by atoms with van der Waals surface area (Å²) < 4.78 is 33.2. The van der Waals surface area contributed by atoms with Gasteiger partial charge in [-0.15, -0.1) is 0 Å². The van der Waals surface area contributed by atoms with E-state index in [1.165, 1.54) is 22.0 Å². The van der Waals surface area contributed by atoms with Crippen LogP contribution in [0, 0.1) is 0 Å². The SMILES string of the molecule is CN1CCN(S(=O)(=O)c2ccc(NC(=O)COc3ccc(C(C)(C)C)cc3C(C)(C)C)cc2)CC1. The first-order valence-corrected chi connectivity index (χ1v) is 13.5. The van der Waals surface area contributed by atoms with Crippen molar-refractivity contribution >= 4 is 21.6 Å². The van der Waals surface area contributed by atoms with Gasteiger partial charge in [-0.3, -0.25) is 4.79 Å². The highest BCUT2D eigenvalue weighted by Gasteiger charge is 2.27. The van der Waals surface area contributed by atoms with Crippen molar-refractivity contribution in [3.05, 3.63) is 53.6 Å². The molecule has 0 unspecified atom stereocenters. The first kappa shape index (κ1) is 27.2. The zero-order valence-electron chi connectivity index (χ0n) is 22.0. The molecule has 1 aliphatic heterocycles. The smallest absolute Gasteiger partial charge is 0.262 e. The minimum Gasteiger partial charge on any atom is -0.483 e. The topological polar surface area (TPSA) is 79.0 Å². The molecule has 1 aliphatic rings. The van der Waals surface area contributed by atoms with Gasteiger partial charge in [0.25, 0.3) is 5.91 Å². The minimum atomic E-state index is -3.54. The maximum Gasteiger partial charge on any atom is 0.262 e. The Hall–Kier alpha value is -2.42. The van der Waals surface area contributed by atoms with Crippen LogP contribution in [-0.2, 0) is 25.6 Å². The number of carbonyl (C=O) groups excluding carboxylic acids is 1. The van der Waals surface area contributed by atoms with Crippen molar-refractivity contribution in [3.63, 3.8) is 0 Å². The van der Waals surface area contributed by atoms with E-state index in [9.17, 15) is 13.2 Å². The zero-order chi connectivity index (χ0) is 26.0. The summed E-state index contributed by atoms with van der Waals surface area (Å²) in [6, 6.07) is 12.4. The van der Waals surface area contributed by atoms with Crippen LogP contribution in [0.1, 0.15) is 52.7 Å². The lowest BCUT2D eigenvalue weighted by Crippen LogP contribution is -2.46. The van der Waals surface area contributed by atoms with Crippen molar-refractivity contribution in [2.45, 2.75) is 57.3 Å². The molecule has 0 bridgehead atoms. The van der Waals surface area contributed by atoms with Gasteiger partial charge in [0.2, 0.25) is 10.0 Å². The van der Waals surface area contributed by atoms with Gasteiger partial charge in [-0.2, -0.15) is 4.31 Å². The number of amides is 1. The van der Waals surface area contributed by atoms with Gasteiger partial charge in [0.1, 0.15) is 5.75 Å². The summed E-state index contributed by atoms with van der Waals surface area (Å²) in [4.78, 5) is 14.9. The van der Waals surface area contributed by atoms with Crippen LogP contribution in [0.2, 0.25) is 0 Å². The summed E-state index contributed by atoms with van der Waals surface area (Å²) >= 11 is 0. The second-order valence-corrected chi connectivity index (χ2v) is 13.2. The molecule has 0 saturated carbocycles. The molecule has 1 heterocycles. The number of nitrogens with zero attached hydrogens (tertiary/aromatic N) is 2. The van der Waals surface area contributed by atoms with E-state index >= 15 is 0 Å². The quantitative estimate of drug-likeness (QED) is 0.641. The molecule has 3 rings (SSSR count). The highest BCUT2D eigenvalue weighted by molar-refractivity contribution is 7.89. The molecule has 0 aromatic heterocycles. The number of anilines is 1. The molecule has 35 heavy (non-hydrogen) atoms. The summed E-state index contributed by atoms with van der Waals surface area (Å²) in [6.45, 7) is 15.1. The van der Waals surface area contributed by atoms with Crippen LogP contribution in [0.5, 0.6) is 5.75 Å². The molecule has 1 saturated heterocycles. The molecule has 1 fully saturated rings. The Morgan fingerprint density at radius 2 is 1.51 bits per heavy atom. The lowest BCUT2D eigenvalue weighted by Gasteiger charge is -2.31.